The standard InChI is InChI=1S/C19H22O12/c1-9(20)26-8-14-15(27-10(2)21)16(28-11(3)22)17(29-12(4)23)19(30-14)31-18(24)13-6-5-7-25-13/h5-7,14-17,19H,8H2,1-4H3/t14-,15-,16-,17-,19-/m0/s1. The van der Waals surface area contributed by atoms with Crippen molar-refractivity contribution in [2.24, 2.45) is 0 Å². The summed E-state index contributed by atoms with van der Waals surface area (Å²) in [7, 11) is 0. The third-order valence-electron chi connectivity index (χ3n) is 3.89. The normalized spacial score (nSPS) is 25.1. The Bertz CT molecular complexity index is 814. The van der Waals surface area contributed by atoms with E-state index in [0.717, 1.165) is 27.7 Å². The molecular formula is C19H22O12. The Labute approximate surface area is 176 Å². The second kappa shape index (κ2) is 10.6. The van der Waals surface area contributed by atoms with Crippen molar-refractivity contribution < 1.29 is 56.8 Å². The van der Waals surface area contributed by atoms with Crippen LogP contribution in [0.2, 0.25) is 0 Å². The van der Waals surface area contributed by atoms with E-state index in [1.807, 2.05) is 0 Å². The predicted molar refractivity (Wildman–Crippen MR) is 96.1 cm³/mol. The van der Waals surface area contributed by atoms with E-state index in [0.29, 0.717) is 0 Å². The third-order valence-corrected chi connectivity index (χ3v) is 3.89. The second-order valence-corrected chi connectivity index (χ2v) is 6.45. The molecule has 31 heavy (non-hydrogen) atoms. The minimum absolute atomic E-state index is 0.173. The molecule has 0 saturated carbocycles. The Hall–Kier alpha value is -3.41. The predicted octanol–water partition coefficient (Wildman–Crippen LogP) is 0.519. The van der Waals surface area contributed by atoms with Crippen LogP contribution in [0.5, 0.6) is 0 Å². The molecule has 2 rings (SSSR count). The summed E-state index contributed by atoms with van der Waals surface area (Å²) in [6, 6.07) is 2.78. The average Bonchev–Trinajstić information content (AvgIpc) is 3.18. The quantitative estimate of drug-likeness (QED) is 0.427. The zero-order valence-electron chi connectivity index (χ0n) is 17.2. The Balaban J connectivity index is 2.41. The van der Waals surface area contributed by atoms with Crippen molar-refractivity contribution in [2.75, 3.05) is 6.61 Å². The molecule has 0 amide bonds. The van der Waals surface area contributed by atoms with Crippen LogP contribution in [0.4, 0.5) is 0 Å². The van der Waals surface area contributed by atoms with Gasteiger partial charge in [0, 0.05) is 27.7 Å². The lowest BCUT2D eigenvalue weighted by Gasteiger charge is -2.43. The average molecular weight is 442 g/mol. The van der Waals surface area contributed by atoms with Gasteiger partial charge in [0.15, 0.2) is 12.2 Å². The smallest absolute Gasteiger partial charge is 0.376 e. The lowest BCUT2D eigenvalue weighted by Crippen LogP contribution is -2.63. The van der Waals surface area contributed by atoms with Crippen LogP contribution in [0, 0.1) is 0 Å². The summed E-state index contributed by atoms with van der Waals surface area (Å²) in [4.78, 5) is 58.6. The lowest BCUT2D eigenvalue weighted by atomic mass is 9.98. The maximum atomic E-state index is 12.4. The molecular weight excluding hydrogens is 420 g/mol. The fourth-order valence-corrected chi connectivity index (χ4v) is 2.84. The number of carbonyl (C=O) groups excluding carboxylic acids is 5. The first-order valence-electron chi connectivity index (χ1n) is 9.13. The van der Waals surface area contributed by atoms with E-state index in [1.165, 1.54) is 18.4 Å². The van der Waals surface area contributed by atoms with Crippen molar-refractivity contribution in [1.82, 2.24) is 0 Å². The van der Waals surface area contributed by atoms with Crippen molar-refractivity contribution in [3.63, 3.8) is 0 Å². The summed E-state index contributed by atoms with van der Waals surface area (Å²) in [5.74, 6) is -4.20. The summed E-state index contributed by atoms with van der Waals surface area (Å²) in [5.41, 5.74) is 0. The van der Waals surface area contributed by atoms with E-state index in [9.17, 15) is 24.0 Å². The van der Waals surface area contributed by atoms with Crippen LogP contribution in [-0.4, -0.2) is 67.2 Å². The summed E-state index contributed by atoms with van der Waals surface area (Å²) >= 11 is 0. The number of hydrogen-bond acceptors (Lipinski definition) is 12. The number of esters is 5. The Morgan fingerprint density at radius 3 is 1.90 bits per heavy atom. The van der Waals surface area contributed by atoms with Crippen LogP contribution < -0.4 is 0 Å². The molecule has 0 bridgehead atoms. The van der Waals surface area contributed by atoms with E-state index in [4.69, 9.17) is 32.8 Å². The van der Waals surface area contributed by atoms with E-state index in [-0.39, 0.29) is 5.76 Å². The molecule has 170 valence electrons. The van der Waals surface area contributed by atoms with Crippen LogP contribution in [0.15, 0.2) is 22.8 Å². The molecule has 0 aromatic carbocycles. The highest BCUT2D eigenvalue weighted by Gasteiger charge is 2.53. The van der Waals surface area contributed by atoms with Crippen molar-refractivity contribution in [3.05, 3.63) is 24.2 Å². The van der Waals surface area contributed by atoms with Gasteiger partial charge in [-0.05, 0) is 12.1 Å². The fourth-order valence-electron chi connectivity index (χ4n) is 2.84. The minimum Gasteiger partial charge on any atom is -0.463 e. The van der Waals surface area contributed by atoms with Crippen molar-refractivity contribution in [3.8, 4) is 0 Å². The van der Waals surface area contributed by atoms with E-state index < -0.39 is 67.2 Å². The van der Waals surface area contributed by atoms with Crippen molar-refractivity contribution in [1.29, 1.82) is 0 Å². The van der Waals surface area contributed by atoms with Crippen LogP contribution in [0.3, 0.4) is 0 Å². The van der Waals surface area contributed by atoms with Crippen LogP contribution in [0.25, 0.3) is 0 Å². The lowest BCUT2D eigenvalue weighted by molar-refractivity contribution is -0.295. The summed E-state index contributed by atoms with van der Waals surface area (Å²) < 4.78 is 36.4. The summed E-state index contributed by atoms with van der Waals surface area (Å²) in [5, 5.41) is 0. The van der Waals surface area contributed by atoms with Crippen LogP contribution >= 0.6 is 0 Å². The van der Waals surface area contributed by atoms with E-state index >= 15 is 0 Å². The van der Waals surface area contributed by atoms with E-state index in [2.05, 4.69) is 0 Å². The molecule has 0 unspecified atom stereocenters. The van der Waals surface area contributed by atoms with Gasteiger partial charge in [0.2, 0.25) is 18.2 Å². The molecule has 5 atom stereocenters. The number of hydrogen-bond donors (Lipinski definition) is 0. The largest absolute Gasteiger partial charge is 0.463 e. The molecule has 12 heteroatoms. The molecule has 12 nitrogen and oxygen atoms in total. The first-order chi connectivity index (χ1) is 14.6. The Kier molecular flexibility index (Phi) is 8.14. The molecule has 1 aromatic heterocycles. The number of ether oxygens (including phenoxy) is 6. The number of furan rings is 1. The topological polar surface area (TPSA) is 154 Å². The van der Waals surface area contributed by atoms with Gasteiger partial charge in [0.1, 0.15) is 12.7 Å². The first-order valence-corrected chi connectivity index (χ1v) is 9.13. The maximum absolute atomic E-state index is 12.4. The number of carbonyl (C=O) groups is 5. The molecule has 1 aliphatic rings. The molecule has 1 fully saturated rings. The number of rotatable bonds is 7. The van der Waals surface area contributed by atoms with Gasteiger partial charge < -0.3 is 32.8 Å². The van der Waals surface area contributed by atoms with Crippen molar-refractivity contribution >= 4 is 29.8 Å². The molecule has 0 spiro atoms. The molecule has 2 heterocycles. The highest BCUT2D eigenvalue weighted by molar-refractivity contribution is 5.86. The Morgan fingerprint density at radius 2 is 1.39 bits per heavy atom. The van der Waals surface area contributed by atoms with E-state index in [1.54, 1.807) is 0 Å². The highest BCUT2D eigenvalue weighted by Crippen LogP contribution is 2.30. The third kappa shape index (κ3) is 6.81. The van der Waals surface area contributed by atoms with Crippen LogP contribution in [-0.2, 0) is 47.6 Å². The first kappa shape index (κ1) is 23.9. The molecule has 1 aliphatic heterocycles. The molecule has 0 N–H and O–H groups in total. The molecule has 0 aliphatic carbocycles. The van der Waals surface area contributed by atoms with Gasteiger partial charge in [-0.3, -0.25) is 19.2 Å². The van der Waals surface area contributed by atoms with Crippen LogP contribution in [0.1, 0.15) is 38.2 Å². The van der Waals surface area contributed by atoms with Crippen molar-refractivity contribution in [2.45, 2.75) is 58.4 Å². The monoisotopic (exact) mass is 442 g/mol. The summed E-state index contributed by atoms with van der Waals surface area (Å²) in [6.45, 7) is 3.95. The molecule has 1 aromatic rings. The van der Waals surface area contributed by atoms with Gasteiger partial charge in [-0.25, -0.2) is 4.79 Å². The van der Waals surface area contributed by atoms with Gasteiger partial charge >= 0.3 is 29.8 Å². The summed E-state index contributed by atoms with van der Waals surface area (Å²) in [6.07, 6.45) is -5.88. The SMILES string of the molecule is CC(=O)OC[C@@H]1O[C@@H](OC(=O)c2ccco2)[C@@H](OC(C)=O)[C@@H](OC(C)=O)[C@H]1OC(C)=O. The zero-order valence-corrected chi connectivity index (χ0v) is 17.2. The Morgan fingerprint density at radius 1 is 0.806 bits per heavy atom. The highest BCUT2D eigenvalue weighted by atomic mass is 16.7. The van der Waals surface area contributed by atoms with Gasteiger partial charge in [-0.2, -0.15) is 0 Å². The molecule has 0 radical (unpaired) electrons. The van der Waals surface area contributed by atoms with Gasteiger partial charge in [-0.15, -0.1) is 0 Å². The second-order valence-electron chi connectivity index (χ2n) is 6.45. The molecule has 1 saturated heterocycles. The minimum atomic E-state index is -1.61. The van der Waals surface area contributed by atoms with Gasteiger partial charge in [0.05, 0.1) is 6.26 Å². The fraction of sp³-hybridized carbons (Fsp3) is 0.526. The van der Waals surface area contributed by atoms with Gasteiger partial charge in [0.25, 0.3) is 0 Å². The zero-order chi connectivity index (χ0) is 23.1. The maximum Gasteiger partial charge on any atom is 0.376 e. The van der Waals surface area contributed by atoms with Gasteiger partial charge in [-0.1, -0.05) is 0 Å².